The molecule has 74 valence electrons. The van der Waals surface area contributed by atoms with E-state index in [0.29, 0.717) is 0 Å². The van der Waals surface area contributed by atoms with E-state index in [1.807, 2.05) is 7.05 Å². The van der Waals surface area contributed by atoms with Crippen LogP contribution in [-0.2, 0) is 9.53 Å². The van der Waals surface area contributed by atoms with Crippen LogP contribution in [0.5, 0.6) is 0 Å². The van der Waals surface area contributed by atoms with Gasteiger partial charge in [0.1, 0.15) is 6.61 Å². The number of rotatable bonds is 0. The van der Waals surface area contributed by atoms with Crippen molar-refractivity contribution < 1.29 is 9.53 Å². The molecule has 1 spiro atoms. The second-order valence-electron chi connectivity index (χ2n) is 3.97. The summed E-state index contributed by atoms with van der Waals surface area (Å²) in [6.45, 7) is 3.02. The van der Waals surface area contributed by atoms with Crippen LogP contribution in [0.4, 0.5) is 0 Å². The predicted molar refractivity (Wildman–Crippen MR) is 48.4 cm³/mol. The molecule has 0 atom stereocenters. The third-order valence-electron chi connectivity index (χ3n) is 2.97. The molecule has 2 saturated heterocycles. The van der Waals surface area contributed by atoms with Crippen LogP contribution >= 0.6 is 0 Å². The summed E-state index contributed by atoms with van der Waals surface area (Å²) in [7, 11) is 1.86. The van der Waals surface area contributed by atoms with Crippen molar-refractivity contribution in [2.45, 2.75) is 18.4 Å². The van der Waals surface area contributed by atoms with E-state index < -0.39 is 0 Å². The molecule has 2 aliphatic heterocycles. The first-order valence-corrected chi connectivity index (χ1v) is 4.81. The molecule has 2 rings (SSSR count). The maximum absolute atomic E-state index is 11.2. The monoisotopic (exact) mass is 184 g/mol. The fourth-order valence-electron chi connectivity index (χ4n) is 2.08. The average Bonchev–Trinajstić information content (AvgIpc) is 2.14. The Bertz CT molecular complexity index is 212. The molecule has 0 radical (unpaired) electrons. The van der Waals surface area contributed by atoms with Crippen molar-refractivity contribution in [3.63, 3.8) is 0 Å². The van der Waals surface area contributed by atoms with Crippen LogP contribution in [0, 0.1) is 0 Å². The van der Waals surface area contributed by atoms with Crippen LogP contribution in [0.2, 0.25) is 0 Å². The van der Waals surface area contributed by atoms with Crippen LogP contribution in [0.3, 0.4) is 0 Å². The Morgan fingerprint density at radius 2 is 2.15 bits per heavy atom. The summed E-state index contributed by atoms with van der Waals surface area (Å²) in [4.78, 5) is 13.0. The number of carbonyl (C=O) groups excluding carboxylic acids is 1. The smallest absolute Gasteiger partial charge is 0.248 e. The molecule has 13 heavy (non-hydrogen) atoms. The van der Waals surface area contributed by atoms with Crippen molar-refractivity contribution in [1.82, 2.24) is 10.2 Å². The summed E-state index contributed by atoms with van der Waals surface area (Å²) >= 11 is 0. The van der Waals surface area contributed by atoms with Gasteiger partial charge >= 0.3 is 0 Å². The summed E-state index contributed by atoms with van der Waals surface area (Å²) in [5.41, 5.74) is -0.0477. The predicted octanol–water partition coefficient (Wildman–Crippen LogP) is -0.403. The minimum Gasteiger partial charge on any atom is -0.363 e. The number of hydrogen-bond acceptors (Lipinski definition) is 3. The standard InChI is InChI=1S/C9H16N2O2/c1-11-7-9(13-6-8(11)12)2-4-10-5-3-9/h10H,2-7H2,1H3. The van der Waals surface area contributed by atoms with Crippen molar-refractivity contribution >= 4 is 5.91 Å². The van der Waals surface area contributed by atoms with E-state index in [0.717, 1.165) is 32.5 Å². The molecule has 0 unspecified atom stereocenters. The molecule has 0 aromatic rings. The third-order valence-corrected chi connectivity index (χ3v) is 2.97. The number of morpholine rings is 1. The van der Waals surface area contributed by atoms with Gasteiger partial charge in [-0.05, 0) is 25.9 Å². The molecule has 0 saturated carbocycles. The second-order valence-corrected chi connectivity index (χ2v) is 3.97. The van der Waals surface area contributed by atoms with Gasteiger partial charge in [-0.25, -0.2) is 0 Å². The zero-order valence-electron chi connectivity index (χ0n) is 8.01. The molecule has 4 heteroatoms. The van der Waals surface area contributed by atoms with E-state index in [2.05, 4.69) is 5.32 Å². The summed E-state index contributed by atoms with van der Waals surface area (Å²) in [6.07, 6.45) is 2.04. The zero-order valence-corrected chi connectivity index (χ0v) is 8.01. The number of amides is 1. The molecule has 2 heterocycles. The molecule has 0 bridgehead atoms. The molecule has 0 aliphatic carbocycles. The Morgan fingerprint density at radius 3 is 2.77 bits per heavy atom. The van der Waals surface area contributed by atoms with Gasteiger partial charge in [-0.1, -0.05) is 0 Å². The van der Waals surface area contributed by atoms with Crippen LogP contribution in [0.25, 0.3) is 0 Å². The normalized spacial score (nSPS) is 28.1. The number of ether oxygens (including phenoxy) is 1. The molecule has 1 N–H and O–H groups in total. The van der Waals surface area contributed by atoms with E-state index in [1.54, 1.807) is 4.90 Å². The Hall–Kier alpha value is -0.610. The van der Waals surface area contributed by atoms with Gasteiger partial charge in [-0.3, -0.25) is 4.79 Å². The molecule has 2 fully saturated rings. The molecule has 0 aromatic carbocycles. The minimum absolute atomic E-state index is 0.0477. The van der Waals surface area contributed by atoms with E-state index in [9.17, 15) is 4.79 Å². The first-order chi connectivity index (χ1) is 6.22. The van der Waals surface area contributed by atoms with Gasteiger partial charge in [0.05, 0.1) is 5.60 Å². The largest absolute Gasteiger partial charge is 0.363 e. The average molecular weight is 184 g/mol. The lowest BCUT2D eigenvalue weighted by Gasteiger charge is -2.43. The Balaban J connectivity index is 2.02. The summed E-state index contributed by atoms with van der Waals surface area (Å²) < 4.78 is 5.66. The van der Waals surface area contributed by atoms with E-state index in [1.165, 1.54) is 0 Å². The van der Waals surface area contributed by atoms with Gasteiger partial charge in [0.15, 0.2) is 0 Å². The highest BCUT2D eigenvalue weighted by Crippen LogP contribution is 2.26. The fourth-order valence-corrected chi connectivity index (χ4v) is 2.08. The van der Waals surface area contributed by atoms with Crippen LogP contribution in [-0.4, -0.2) is 49.7 Å². The van der Waals surface area contributed by atoms with E-state index >= 15 is 0 Å². The Morgan fingerprint density at radius 1 is 1.46 bits per heavy atom. The topological polar surface area (TPSA) is 41.6 Å². The SMILES string of the molecule is CN1CC2(CCNCC2)OCC1=O. The number of piperidine rings is 1. The van der Waals surface area contributed by atoms with Gasteiger partial charge in [-0.2, -0.15) is 0 Å². The Kier molecular flexibility index (Phi) is 2.26. The van der Waals surface area contributed by atoms with Crippen molar-refractivity contribution in [2.75, 3.05) is 33.3 Å². The minimum atomic E-state index is -0.0477. The summed E-state index contributed by atoms with van der Waals surface area (Å²) in [5.74, 6) is 0.101. The van der Waals surface area contributed by atoms with Gasteiger partial charge in [0.25, 0.3) is 0 Å². The number of nitrogens with one attached hydrogen (secondary N) is 1. The number of likely N-dealkylation sites (N-methyl/N-ethyl adjacent to an activating group) is 1. The van der Waals surface area contributed by atoms with Gasteiger partial charge in [0.2, 0.25) is 5.91 Å². The first kappa shape index (κ1) is 8.97. The fraction of sp³-hybridized carbons (Fsp3) is 0.889. The highest BCUT2D eigenvalue weighted by Gasteiger charge is 2.39. The molecule has 1 amide bonds. The lowest BCUT2D eigenvalue weighted by atomic mass is 9.90. The summed E-state index contributed by atoms with van der Waals surface area (Å²) in [6, 6.07) is 0. The maximum atomic E-state index is 11.2. The molecule has 4 nitrogen and oxygen atoms in total. The van der Waals surface area contributed by atoms with Crippen molar-refractivity contribution in [3.8, 4) is 0 Å². The quantitative estimate of drug-likeness (QED) is 0.557. The first-order valence-electron chi connectivity index (χ1n) is 4.81. The highest BCUT2D eigenvalue weighted by atomic mass is 16.5. The lowest BCUT2D eigenvalue weighted by molar-refractivity contribution is -0.165. The van der Waals surface area contributed by atoms with Crippen LogP contribution < -0.4 is 5.32 Å². The molecule has 0 aromatic heterocycles. The van der Waals surface area contributed by atoms with Gasteiger partial charge < -0.3 is 15.0 Å². The van der Waals surface area contributed by atoms with Crippen molar-refractivity contribution in [3.05, 3.63) is 0 Å². The van der Waals surface area contributed by atoms with Crippen LogP contribution in [0.15, 0.2) is 0 Å². The van der Waals surface area contributed by atoms with Gasteiger partial charge in [-0.15, -0.1) is 0 Å². The number of nitrogens with zero attached hydrogens (tertiary/aromatic N) is 1. The van der Waals surface area contributed by atoms with Crippen molar-refractivity contribution in [1.29, 1.82) is 0 Å². The molecular weight excluding hydrogens is 168 g/mol. The van der Waals surface area contributed by atoms with Gasteiger partial charge in [0, 0.05) is 13.6 Å². The highest BCUT2D eigenvalue weighted by molar-refractivity contribution is 5.78. The van der Waals surface area contributed by atoms with Crippen molar-refractivity contribution in [2.24, 2.45) is 0 Å². The number of carbonyl (C=O) groups is 1. The molecular formula is C9H16N2O2. The lowest BCUT2D eigenvalue weighted by Crippen LogP contribution is -2.57. The van der Waals surface area contributed by atoms with E-state index in [4.69, 9.17) is 4.74 Å². The summed E-state index contributed by atoms with van der Waals surface area (Å²) in [5, 5.41) is 3.30. The second kappa shape index (κ2) is 3.27. The number of hydrogen-bond donors (Lipinski definition) is 1. The maximum Gasteiger partial charge on any atom is 0.248 e. The van der Waals surface area contributed by atoms with E-state index in [-0.39, 0.29) is 18.1 Å². The Labute approximate surface area is 78.2 Å². The zero-order chi connectivity index (χ0) is 9.31. The van der Waals surface area contributed by atoms with Crippen LogP contribution in [0.1, 0.15) is 12.8 Å². The third kappa shape index (κ3) is 1.69. The molecule has 2 aliphatic rings.